The van der Waals surface area contributed by atoms with Crippen LogP contribution in [0.1, 0.15) is 38.0 Å². The molecule has 1 fully saturated rings. The Morgan fingerprint density at radius 2 is 2.20 bits per heavy atom. The van der Waals surface area contributed by atoms with Gasteiger partial charge in [0.15, 0.2) is 0 Å². The van der Waals surface area contributed by atoms with Crippen LogP contribution in [0, 0.1) is 0 Å². The molecule has 1 aromatic carbocycles. The van der Waals surface area contributed by atoms with Crippen LogP contribution >= 0.6 is 0 Å². The molecule has 4 heteroatoms. The predicted molar refractivity (Wildman–Crippen MR) is 76.6 cm³/mol. The highest BCUT2D eigenvalue weighted by molar-refractivity contribution is 5.77. The Morgan fingerprint density at radius 3 is 2.85 bits per heavy atom. The zero-order chi connectivity index (χ0) is 14.1. The lowest BCUT2D eigenvalue weighted by atomic mass is 10.1. The third-order valence-electron chi connectivity index (χ3n) is 3.95. The number of hydrogen-bond acceptors (Lipinski definition) is 3. The van der Waals surface area contributed by atoms with Crippen LogP contribution < -0.4 is 0 Å². The predicted octanol–water partition coefficient (Wildman–Crippen LogP) is 3.43. The van der Waals surface area contributed by atoms with Crippen LogP contribution in [-0.4, -0.2) is 28.6 Å². The van der Waals surface area contributed by atoms with Gasteiger partial charge in [-0.2, -0.15) is 0 Å². The topological polar surface area (TPSA) is 53.7 Å². The van der Waals surface area contributed by atoms with Crippen LogP contribution in [0.3, 0.4) is 0 Å². The molecule has 0 saturated heterocycles. The molecule has 2 aromatic rings. The average Bonchev–Trinajstić information content (AvgIpc) is 3.16. The van der Waals surface area contributed by atoms with Crippen molar-refractivity contribution < 1.29 is 14.3 Å². The molecule has 1 N–H and O–H groups in total. The Kier molecular flexibility index (Phi) is 3.49. The van der Waals surface area contributed by atoms with Crippen LogP contribution in [-0.2, 0) is 4.79 Å². The van der Waals surface area contributed by atoms with Gasteiger partial charge in [0.25, 0.3) is 0 Å². The van der Waals surface area contributed by atoms with Crippen molar-refractivity contribution in [1.29, 1.82) is 0 Å². The van der Waals surface area contributed by atoms with E-state index >= 15 is 0 Å². The Hall–Kier alpha value is -1.81. The molecule has 4 nitrogen and oxygen atoms in total. The molecule has 0 aliphatic heterocycles. The summed E-state index contributed by atoms with van der Waals surface area (Å²) in [5.74, 6) is 0.177. The fourth-order valence-electron chi connectivity index (χ4n) is 2.70. The average molecular weight is 273 g/mol. The maximum atomic E-state index is 10.8. The van der Waals surface area contributed by atoms with Gasteiger partial charge in [-0.25, -0.2) is 0 Å². The van der Waals surface area contributed by atoms with Crippen molar-refractivity contribution in [3.63, 3.8) is 0 Å². The molecule has 0 bridgehead atoms. The van der Waals surface area contributed by atoms with E-state index in [0.717, 1.165) is 29.6 Å². The lowest BCUT2D eigenvalue weighted by molar-refractivity contribution is -0.137. The number of para-hydroxylation sites is 1. The second kappa shape index (κ2) is 5.29. The van der Waals surface area contributed by atoms with Crippen molar-refractivity contribution in [3.8, 4) is 0 Å². The summed E-state index contributed by atoms with van der Waals surface area (Å²) in [6, 6.07) is 10.7. The van der Waals surface area contributed by atoms with E-state index in [-0.39, 0.29) is 12.5 Å². The molecule has 1 unspecified atom stereocenters. The summed E-state index contributed by atoms with van der Waals surface area (Å²) in [4.78, 5) is 13.1. The van der Waals surface area contributed by atoms with Gasteiger partial charge in [-0.1, -0.05) is 18.2 Å². The van der Waals surface area contributed by atoms with Gasteiger partial charge in [-0.15, -0.1) is 0 Å². The van der Waals surface area contributed by atoms with Crippen LogP contribution in [0.2, 0.25) is 0 Å². The van der Waals surface area contributed by atoms with Crippen LogP contribution in [0.5, 0.6) is 0 Å². The summed E-state index contributed by atoms with van der Waals surface area (Å²) >= 11 is 0. The highest BCUT2D eigenvalue weighted by Gasteiger charge is 2.34. The molecule has 3 rings (SSSR count). The monoisotopic (exact) mass is 273 g/mol. The first kappa shape index (κ1) is 13.2. The van der Waals surface area contributed by atoms with Gasteiger partial charge in [0.1, 0.15) is 11.3 Å². The Balaban J connectivity index is 1.80. The first-order valence-electron chi connectivity index (χ1n) is 7.11. The van der Waals surface area contributed by atoms with E-state index in [1.54, 1.807) is 0 Å². The molecule has 0 radical (unpaired) electrons. The van der Waals surface area contributed by atoms with Gasteiger partial charge in [0.2, 0.25) is 0 Å². The zero-order valence-electron chi connectivity index (χ0n) is 11.6. The van der Waals surface area contributed by atoms with Crippen molar-refractivity contribution in [1.82, 2.24) is 4.90 Å². The summed E-state index contributed by atoms with van der Waals surface area (Å²) in [6.07, 6.45) is 2.50. The third kappa shape index (κ3) is 2.70. The van der Waals surface area contributed by atoms with Crippen molar-refractivity contribution >= 4 is 16.9 Å². The summed E-state index contributed by atoms with van der Waals surface area (Å²) in [5.41, 5.74) is 0.892. The molecule has 0 amide bonds. The fourth-order valence-corrected chi connectivity index (χ4v) is 2.70. The first-order valence-corrected chi connectivity index (χ1v) is 7.11. The molecule has 1 heterocycles. The largest absolute Gasteiger partial charge is 0.481 e. The van der Waals surface area contributed by atoms with E-state index in [2.05, 4.69) is 17.9 Å². The summed E-state index contributed by atoms with van der Waals surface area (Å²) in [7, 11) is 0. The number of benzene rings is 1. The van der Waals surface area contributed by atoms with Gasteiger partial charge in [-0.3, -0.25) is 9.69 Å². The number of carboxylic acids is 1. The molecule has 106 valence electrons. The number of carbonyl (C=O) groups is 1. The summed E-state index contributed by atoms with van der Waals surface area (Å²) < 4.78 is 5.91. The Labute approximate surface area is 118 Å². The minimum Gasteiger partial charge on any atom is -0.481 e. The molecule has 1 aliphatic carbocycles. The van der Waals surface area contributed by atoms with Gasteiger partial charge >= 0.3 is 5.97 Å². The van der Waals surface area contributed by atoms with E-state index in [4.69, 9.17) is 9.52 Å². The number of aliphatic carboxylic acids is 1. The fraction of sp³-hybridized carbons (Fsp3) is 0.438. The van der Waals surface area contributed by atoms with Gasteiger partial charge in [0, 0.05) is 18.0 Å². The van der Waals surface area contributed by atoms with Crippen molar-refractivity contribution in [2.45, 2.75) is 38.3 Å². The summed E-state index contributed by atoms with van der Waals surface area (Å²) in [5, 5.41) is 9.98. The zero-order valence-corrected chi connectivity index (χ0v) is 11.6. The van der Waals surface area contributed by atoms with E-state index in [1.165, 1.54) is 0 Å². The Morgan fingerprint density at radius 1 is 1.45 bits per heavy atom. The standard InChI is InChI=1S/C16H19NO3/c1-11(17(13-6-7-13)9-8-16(18)19)15-10-12-4-2-3-5-14(12)20-15/h2-5,10-11,13H,6-9H2,1H3,(H,18,19). The molecular formula is C16H19NO3. The minimum absolute atomic E-state index is 0.120. The van der Waals surface area contributed by atoms with Crippen LogP contribution in [0.15, 0.2) is 34.7 Å². The third-order valence-corrected chi connectivity index (χ3v) is 3.95. The normalized spacial score (nSPS) is 16.7. The lowest BCUT2D eigenvalue weighted by Gasteiger charge is -2.27. The van der Waals surface area contributed by atoms with E-state index in [1.807, 2.05) is 24.3 Å². The van der Waals surface area contributed by atoms with E-state index in [9.17, 15) is 4.79 Å². The second-order valence-corrected chi connectivity index (χ2v) is 5.48. The minimum atomic E-state index is -0.743. The SMILES string of the molecule is CC(c1cc2ccccc2o1)N(CCC(=O)O)C1CC1. The van der Waals surface area contributed by atoms with E-state index in [0.29, 0.717) is 12.6 Å². The molecule has 1 aromatic heterocycles. The maximum absolute atomic E-state index is 10.8. The number of carboxylic acid groups (broad SMARTS) is 1. The molecule has 1 aliphatic rings. The molecule has 0 spiro atoms. The number of fused-ring (bicyclic) bond motifs is 1. The van der Waals surface area contributed by atoms with Gasteiger partial charge in [-0.05, 0) is 31.9 Å². The lowest BCUT2D eigenvalue weighted by Crippen LogP contribution is -2.31. The summed E-state index contributed by atoms with van der Waals surface area (Å²) in [6.45, 7) is 2.68. The van der Waals surface area contributed by atoms with Crippen molar-refractivity contribution in [2.24, 2.45) is 0 Å². The number of nitrogens with zero attached hydrogens (tertiary/aromatic N) is 1. The van der Waals surface area contributed by atoms with Crippen LogP contribution in [0.4, 0.5) is 0 Å². The quantitative estimate of drug-likeness (QED) is 0.876. The van der Waals surface area contributed by atoms with Gasteiger partial charge in [0.05, 0.1) is 12.5 Å². The maximum Gasteiger partial charge on any atom is 0.304 e. The first-order chi connectivity index (χ1) is 9.65. The van der Waals surface area contributed by atoms with Crippen molar-refractivity contribution in [2.75, 3.05) is 6.54 Å². The number of furan rings is 1. The second-order valence-electron chi connectivity index (χ2n) is 5.48. The van der Waals surface area contributed by atoms with E-state index < -0.39 is 5.97 Å². The van der Waals surface area contributed by atoms with Crippen molar-refractivity contribution in [3.05, 3.63) is 36.1 Å². The number of hydrogen-bond donors (Lipinski definition) is 1. The molecule has 1 saturated carbocycles. The molecule has 1 atom stereocenters. The van der Waals surface area contributed by atoms with Gasteiger partial charge < -0.3 is 9.52 Å². The highest BCUT2D eigenvalue weighted by atomic mass is 16.4. The van der Waals surface area contributed by atoms with Crippen LogP contribution in [0.25, 0.3) is 11.0 Å². The molecular weight excluding hydrogens is 254 g/mol. The molecule has 20 heavy (non-hydrogen) atoms. The Bertz CT molecular complexity index is 582. The smallest absolute Gasteiger partial charge is 0.304 e. The highest BCUT2D eigenvalue weighted by Crippen LogP contribution is 2.36. The number of rotatable bonds is 6.